The van der Waals surface area contributed by atoms with E-state index in [1.807, 2.05) is 13.8 Å². The molecular weight excluding hydrogens is 244 g/mol. The number of benzene rings is 1. The van der Waals surface area contributed by atoms with E-state index in [0.29, 0.717) is 30.2 Å². The van der Waals surface area contributed by atoms with Crippen LogP contribution in [-0.4, -0.2) is 31.3 Å². The summed E-state index contributed by atoms with van der Waals surface area (Å²) in [5.74, 6) is 0.481. The van der Waals surface area contributed by atoms with E-state index in [2.05, 4.69) is 5.32 Å². The Morgan fingerprint density at radius 1 is 1.53 bits per heavy atom. The maximum atomic E-state index is 12.0. The molecule has 1 unspecified atom stereocenters. The molecule has 19 heavy (non-hydrogen) atoms. The van der Waals surface area contributed by atoms with E-state index in [1.165, 1.54) is 0 Å². The van der Waals surface area contributed by atoms with Crippen LogP contribution in [0.25, 0.3) is 0 Å². The number of hydrogen-bond acceptors (Lipinski definition) is 4. The fourth-order valence-electron chi connectivity index (χ4n) is 1.97. The zero-order valence-electron chi connectivity index (χ0n) is 11.3. The maximum absolute atomic E-state index is 12.0. The Kier molecular flexibility index (Phi) is 4.27. The van der Waals surface area contributed by atoms with Crippen molar-refractivity contribution in [2.45, 2.75) is 32.4 Å². The van der Waals surface area contributed by atoms with Crippen molar-refractivity contribution in [2.75, 3.05) is 18.9 Å². The summed E-state index contributed by atoms with van der Waals surface area (Å²) in [6, 6.07) is 5.19. The van der Waals surface area contributed by atoms with Gasteiger partial charge in [0.15, 0.2) is 0 Å². The highest BCUT2D eigenvalue weighted by molar-refractivity contribution is 5.95. The summed E-state index contributed by atoms with van der Waals surface area (Å²) in [5.41, 5.74) is 6.90. The summed E-state index contributed by atoms with van der Waals surface area (Å²) in [5, 5.41) is 2.92. The monoisotopic (exact) mass is 264 g/mol. The van der Waals surface area contributed by atoms with Crippen LogP contribution in [-0.2, 0) is 4.74 Å². The van der Waals surface area contributed by atoms with E-state index in [4.69, 9.17) is 15.2 Å². The molecule has 1 aromatic rings. The van der Waals surface area contributed by atoms with E-state index >= 15 is 0 Å². The smallest absolute Gasteiger partial charge is 0.251 e. The molecule has 1 heterocycles. The minimum Gasteiger partial charge on any atom is -0.489 e. The molecule has 5 nitrogen and oxygen atoms in total. The van der Waals surface area contributed by atoms with Crippen LogP contribution >= 0.6 is 0 Å². The summed E-state index contributed by atoms with van der Waals surface area (Å²) in [7, 11) is 0. The molecule has 5 heteroatoms. The Labute approximate surface area is 113 Å². The van der Waals surface area contributed by atoms with Crippen molar-refractivity contribution in [3.05, 3.63) is 23.8 Å². The Bertz CT molecular complexity index is 454. The molecule has 1 aliphatic rings. The summed E-state index contributed by atoms with van der Waals surface area (Å²) in [6.07, 6.45) is 0.910. The van der Waals surface area contributed by atoms with Gasteiger partial charge in [0.25, 0.3) is 5.91 Å². The second-order valence-electron chi connectivity index (χ2n) is 4.95. The molecule has 0 bridgehead atoms. The summed E-state index contributed by atoms with van der Waals surface area (Å²) >= 11 is 0. The third kappa shape index (κ3) is 3.61. The van der Waals surface area contributed by atoms with Crippen molar-refractivity contribution in [3.63, 3.8) is 0 Å². The second-order valence-corrected chi connectivity index (χ2v) is 4.95. The van der Waals surface area contributed by atoms with Gasteiger partial charge in [-0.15, -0.1) is 0 Å². The lowest BCUT2D eigenvalue weighted by Crippen LogP contribution is -2.35. The largest absolute Gasteiger partial charge is 0.489 e. The van der Waals surface area contributed by atoms with Crippen molar-refractivity contribution in [1.82, 2.24) is 5.32 Å². The van der Waals surface area contributed by atoms with Crippen molar-refractivity contribution >= 4 is 11.6 Å². The van der Waals surface area contributed by atoms with Gasteiger partial charge in [-0.1, -0.05) is 0 Å². The molecule has 1 amide bonds. The van der Waals surface area contributed by atoms with E-state index in [1.54, 1.807) is 18.2 Å². The molecule has 0 aromatic heterocycles. The minimum atomic E-state index is -0.127. The lowest BCUT2D eigenvalue weighted by molar-refractivity contribution is 0.0930. The van der Waals surface area contributed by atoms with Crippen molar-refractivity contribution in [3.8, 4) is 5.75 Å². The first kappa shape index (κ1) is 13.7. The highest BCUT2D eigenvalue weighted by Crippen LogP contribution is 2.23. The highest BCUT2D eigenvalue weighted by atomic mass is 16.5. The normalized spacial score (nSPS) is 18.6. The molecule has 1 saturated heterocycles. The fraction of sp³-hybridized carbons (Fsp3) is 0.500. The van der Waals surface area contributed by atoms with Crippen molar-refractivity contribution < 1.29 is 14.3 Å². The number of nitrogens with one attached hydrogen (secondary N) is 1. The average molecular weight is 264 g/mol. The zero-order valence-corrected chi connectivity index (χ0v) is 11.3. The second kappa shape index (κ2) is 5.93. The van der Waals surface area contributed by atoms with Crippen molar-refractivity contribution in [2.24, 2.45) is 0 Å². The number of hydrogen-bond donors (Lipinski definition) is 2. The molecular formula is C14H20N2O3. The first-order valence-corrected chi connectivity index (χ1v) is 6.51. The molecule has 3 N–H and O–H groups in total. The van der Waals surface area contributed by atoms with Gasteiger partial charge >= 0.3 is 0 Å². The van der Waals surface area contributed by atoms with E-state index < -0.39 is 0 Å². The van der Waals surface area contributed by atoms with E-state index in [-0.39, 0.29) is 18.1 Å². The molecule has 1 aromatic carbocycles. The lowest BCUT2D eigenvalue weighted by Gasteiger charge is -2.14. The van der Waals surface area contributed by atoms with Gasteiger partial charge in [0.05, 0.1) is 24.4 Å². The van der Waals surface area contributed by atoms with Crippen LogP contribution in [0.4, 0.5) is 5.69 Å². The molecule has 1 aliphatic heterocycles. The number of amides is 1. The first-order valence-electron chi connectivity index (χ1n) is 6.51. The van der Waals surface area contributed by atoms with Gasteiger partial charge in [0.2, 0.25) is 0 Å². The van der Waals surface area contributed by atoms with Gasteiger partial charge < -0.3 is 20.5 Å². The van der Waals surface area contributed by atoms with Gasteiger partial charge in [-0.05, 0) is 38.5 Å². The molecule has 1 atom stereocenters. The SMILES string of the molecule is CC(C)Oc1ccc(C(=O)NC2CCOC2)cc1N. The zero-order chi connectivity index (χ0) is 13.8. The third-order valence-corrected chi connectivity index (χ3v) is 2.90. The van der Waals surface area contributed by atoms with Gasteiger partial charge in [-0.3, -0.25) is 4.79 Å². The van der Waals surface area contributed by atoms with Gasteiger partial charge in [-0.25, -0.2) is 0 Å². The van der Waals surface area contributed by atoms with E-state index in [0.717, 1.165) is 6.42 Å². The molecule has 2 rings (SSSR count). The predicted molar refractivity (Wildman–Crippen MR) is 73.3 cm³/mol. The molecule has 0 spiro atoms. The summed E-state index contributed by atoms with van der Waals surface area (Å²) < 4.78 is 10.8. The predicted octanol–water partition coefficient (Wildman–Crippen LogP) is 1.57. The lowest BCUT2D eigenvalue weighted by atomic mass is 10.1. The quantitative estimate of drug-likeness (QED) is 0.810. The number of nitrogens with two attached hydrogens (primary N) is 1. The van der Waals surface area contributed by atoms with Gasteiger partial charge in [0.1, 0.15) is 5.75 Å². The highest BCUT2D eigenvalue weighted by Gasteiger charge is 2.19. The molecule has 0 radical (unpaired) electrons. The topological polar surface area (TPSA) is 73.6 Å². The van der Waals surface area contributed by atoms with Gasteiger partial charge in [-0.2, -0.15) is 0 Å². The summed E-state index contributed by atoms with van der Waals surface area (Å²) in [6.45, 7) is 5.14. The Hall–Kier alpha value is -1.75. The Balaban J connectivity index is 2.03. The molecule has 0 saturated carbocycles. The standard InChI is InChI=1S/C14H20N2O3/c1-9(2)19-13-4-3-10(7-12(13)15)14(17)16-11-5-6-18-8-11/h3-4,7,9,11H,5-6,8,15H2,1-2H3,(H,16,17). The molecule has 1 fully saturated rings. The van der Waals surface area contributed by atoms with E-state index in [9.17, 15) is 4.79 Å². The van der Waals surface area contributed by atoms with Crippen LogP contribution in [0.5, 0.6) is 5.75 Å². The number of ether oxygens (including phenoxy) is 2. The minimum absolute atomic E-state index is 0.0533. The average Bonchev–Trinajstić information content (AvgIpc) is 2.84. The van der Waals surface area contributed by atoms with Crippen LogP contribution in [0.2, 0.25) is 0 Å². The Morgan fingerprint density at radius 3 is 2.89 bits per heavy atom. The molecule has 104 valence electrons. The maximum Gasteiger partial charge on any atom is 0.251 e. The van der Waals surface area contributed by atoms with Crippen LogP contribution in [0, 0.1) is 0 Å². The number of rotatable bonds is 4. The molecule has 0 aliphatic carbocycles. The third-order valence-electron chi connectivity index (χ3n) is 2.90. The summed E-state index contributed by atoms with van der Waals surface area (Å²) in [4.78, 5) is 12.0. The number of nitrogen functional groups attached to an aromatic ring is 1. The first-order chi connectivity index (χ1) is 9.06. The number of carbonyl (C=O) groups is 1. The fourth-order valence-corrected chi connectivity index (χ4v) is 1.97. The van der Waals surface area contributed by atoms with Crippen LogP contribution in [0.3, 0.4) is 0 Å². The van der Waals surface area contributed by atoms with Crippen LogP contribution in [0.15, 0.2) is 18.2 Å². The van der Waals surface area contributed by atoms with Crippen LogP contribution < -0.4 is 15.8 Å². The number of carbonyl (C=O) groups excluding carboxylic acids is 1. The number of anilines is 1. The van der Waals surface area contributed by atoms with Gasteiger partial charge in [0, 0.05) is 12.2 Å². The van der Waals surface area contributed by atoms with Crippen molar-refractivity contribution in [1.29, 1.82) is 0 Å². The Morgan fingerprint density at radius 2 is 2.32 bits per heavy atom. The van der Waals surface area contributed by atoms with Crippen LogP contribution in [0.1, 0.15) is 30.6 Å².